The summed E-state index contributed by atoms with van der Waals surface area (Å²) in [4.78, 5) is 2.59. The normalized spacial score (nSPS) is 24.8. The van der Waals surface area contributed by atoms with Crippen molar-refractivity contribution in [1.82, 2.24) is 10.2 Å². The molecule has 1 heterocycles. The maximum absolute atomic E-state index is 3.30. The summed E-state index contributed by atoms with van der Waals surface area (Å²) < 4.78 is 0. The van der Waals surface area contributed by atoms with Gasteiger partial charge in [0.1, 0.15) is 0 Å². The summed E-state index contributed by atoms with van der Waals surface area (Å²) in [5.41, 5.74) is 0.771. The van der Waals surface area contributed by atoms with Crippen molar-refractivity contribution in [3.8, 4) is 0 Å². The van der Waals surface area contributed by atoms with Crippen LogP contribution in [-0.4, -0.2) is 38.1 Å². The number of piperidine rings is 1. The van der Waals surface area contributed by atoms with Crippen molar-refractivity contribution in [1.29, 1.82) is 0 Å². The highest BCUT2D eigenvalue weighted by Crippen LogP contribution is 2.52. The molecule has 1 aliphatic heterocycles. The Morgan fingerprint density at radius 3 is 2.19 bits per heavy atom. The molecule has 16 heavy (non-hydrogen) atoms. The second-order valence-electron chi connectivity index (χ2n) is 5.27. The third kappa shape index (κ3) is 3.21. The summed E-state index contributed by atoms with van der Waals surface area (Å²) >= 11 is 0. The maximum Gasteiger partial charge on any atom is -0.00135 e. The number of hydrogen-bond donors (Lipinski definition) is 1. The molecule has 96 valence electrons. The summed E-state index contributed by atoms with van der Waals surface area (Å²) in [6.07, 6.45) is 5.90. The smallest absolute Gasteiger partial charge is 0.00135 e. The minimum Gasteiger partial charge on any atom is -0.319 e. The molecular weight excluding hydrogens is 196 g/mol. The van der Waals surface area contributed by atoms with E-state index in [9.17, 15) is 0 Å². The molecule has 0 amide bonds. The summed E-state index contributed by atoms with van der Waals surface area (Å²) in [6, 6.07) is 0. The van der Waals surface area contributed by atoms with Gasteiger partial charge in [-0.05, 0) is 70.2 Å². The van der Waals surface area contributed by atoms with E-state index in [2.05, 4.69) is 24.2 Å². The van der Waals surface area contributed by atoms with Gasteiger partial charge in [0, 0.05) is 0 Å². The van der Waals surface area contributed by atoms with E-state index >= 15 is 0 Å². The average Bonchev–Trinajstić information content (AvgIpc) is 2.31. The lowest BCUT2D eigenvalue weighted by Crippen LogP contribution is -2.48. The van der Waals surface area contributed by atoms with Crippen molar-refractivity contribution in [3.63, 3.8) is 0 Å². The Morgan fingerprint density at radius 1 is 1.19 bits per heavy atom. The van der Waals surface area contributed by atoms with Crippen LogP contribution in [0.25, 0.3) is 0 Å². The van der Waals surface area contributed by atoms with Crippen LogP contribution in [0.5, 0.6) is 0 Å². The second kappa shape index (κ2) is 6.61. The molecule has 2 fully saturated rings. The van der Waals surface area contributed by atoms with Crippen molar-refractivity contribution in [2.75, 3.05) is 33.2 Å². The zero-order valence-electron chi connectivity index (χ0n) is 11.7. The average molecular weight is 226 g/mol. The number of likely N-dealkylation sites (tertiary alicyclic amines) is 1. The standard InChI is InChI=1S/C12H24N2.C2H6/c1-3-14-6-4-12(5-7-14)8-11(9-12)10-13-2;1-2/h11,13H,3-10H2,1-2H3;1-2H3. The Morgan fingerprint density at radius 2 is 1.75 bits per heavy atom. The van der Waals surface area contributed by atoms with E-state index in [1.807, 2.05) is 13.8 Å². The number of rotatable bonds is 3. The van der Waals surface area contributed by atoms with Crippen molar-refractivity contribution in [3.05, 3.63) is 0 Å². The molecule has 1 saturated carbocycles. The Labute approximate surface area is 102 Å². The minimum atomic E-state index is 0.771. The topological polar surface area (TPSA) is 15.3 Å². The molecule has 0 aromatic carbocycles. The third-order valence-electron chi connectivity index (χ3n) is 4.30. The Bertz CT molecular complexity index is 168. The predicted octanol–water partition coefficient (Wildman–Crippen LogP) is 2.74. The Kier molecular flexibility index (Phi) is 5.77. The van der Waals surface area contributed by atoms with Gasteiger partial charge in [-0.15, -0.1) is 0 Å². The van der Waals surface area contributed by atoms with Gasteiger partial charge >= 0.3 is 0 Å². The van der Waals surface area contributed by atoms with Gasteiger partial charge in [0.15, 0.2) is 0 Å². The fourth-order valence-corrected chi connectivity index (χ4v) is 3.35. The van der Waals surface area contributed by atoms with E-state index in [4.69, 9.17) is 0 Å². The van der Waals surface area contributed by atoms with Gasteiger partial charge in [-0.1, -0.05) is 20.8 Å². The molecular formula is C14H30N2. The van der Waals surface area contributed by atoms with Gasteiger partial charge in [-0.25, -0.2) is 0 Å². The van der Waals surface area contributed by atoms with Crippen LogP contribution in [0.3, 0.4) is 0 Å². The van der Waals surface area contributed by atoms with Crippen LogP contribution in [0, 0.1) is 11.3 Å². The van der Waals surface area contributed by atoms with Gasteiger partial charge in [0.2, 0.25) is 0 Å². The highest BCUT2D eigenvalue weighted by atomic mass is 15.1. The fourth-order valence-electron chi connectivity index (χ4n) is 3.35. The predicted molar refractivity (Wildman–Crippen MR) is 71.8 cm³/mol. The van der Waals surface area contributed by atoms with Crippen molar-refractivity contribution in [2.45, 2.75) is 46.5 Å². The van der Waals surface area contributed by atoms with E-state index in [-0.39, 0.29) is 0 Å². The van der Waals surface area contributed by atoms with Gasteiger partial charge < -0.3 is 10.2 Å². The zero-order chi connectivity index (χ0) is 12.0. The molecule has 2 aliphatic rings. The molecule has 2 nitrogen and oxygen atoms in total. The summed E-state index contributed by atoms with van der Waals surface area (Å²) in [7, 11) is 2.07. The van der Waals surface area contributed by atoms with E-state index < -0.39 is 0 Å². The molecule has 0 bridgehead atoms. The largest absolute Gasteiger partial charge is 0.319 e. The zero-order valence-corrected chi connectivity index (χ0v) is 11.7. The molecule has 2 rings (SSSR count). The Hall–Kier alpha value is -0.0800. The highest BCUT2D eigenvalue weighted by molar-refractivity contribution is 4.97. The first-order valence-electron chi connectivity index (χ1n) is 7.15. The van der Waals surface area contributed by atoms with Crippen LogP contribution in [0.2, 0.25) is 0 Å². The molecule has 1 aliphatic carbocycles. The Balaban J connectivity index is 0.000000606. The van der Waals surface area contributed by atoms with Crippen molar-refractivity contribution in [2.24, 2.45) is 11.3 Å². The first-order chi connectivity index (χ1) is 7.78. The summed E-state index contributed by atoms with van der Waals surface area (Å²) in [6.45, 7) is 11.5. The lowest BCUT2D eigenvalue weighted by Gasteiger charge is -2.52. The van der Waals surface area contributed by atoms with Gasteiger partial charge in [0.25, 0.3) is 0 Å². The second-order valence-corrected chi connectivity index (χ2v) is 5.27. The molecule has 0 radical (unpaired) electrons. The van der Waals surface area contributed by atoms with E-state index in [0.717, 1.165) is 11.3 Å². The van der Waals surface area contributed by atoms with E-state index in [1.54, 1.807) is 0 Å². The van der Waals surface area contributed by atoms with Gasteiger partial charge in [0.05, 0.1) is 0 Å². The van der Waals surface area contributed by atoms with E-state index in [0.29, 0.717) is 0 Å². The molecule has 0 aromatic heterocycles. The van der Waals surface area contributed by atoms with Crippen LogP contribution >= 0.6 is 0 Å². The number of nitrogens with one attached hydrogen (secondary N) is 1. The van der Waals surface area contributed by atoms with Crippen molar-refractivity contribution < 1.29 is 0 Å². The van der Waals surface area contributed by atoms with E-state index in [1.165, 1.54) is 51.9 Å². The molecule has 1 spiro atoms. The quantitative estimate of drug-likeness (QED) is 0.796. The van der Waals surface area contributed by atoms with Crippen LogP contribution in [-0.2, 0) is 0 Å². The first-order valence-corrected chi connectivity index (χ1v) is 7.15. The van der Waals surface area contributed by atoms with Crippen LogP contribution in [0.4, 0.5) is 0 Å². The third-order valence-corrected chi connectivity index (χ3v) is 4.30. The molecule has 1 saturated heterocycles. The molecule has 0 unspecified atom stereocenters. The summed E-state index contributed by atoms with van der Waals surface area (Å²) in [5, 5.41) is 3.30. The molecule has 2 heteroatoms. The maximum atomic E-state index is 3.30. The fraction of sp³-hybridized carbons (Fsp3) is 1.00. The number of nitrogens with zero attached hydrogens (tertiary/aromatic N) is 1. The van der Waals surface area contributed by atoms with Crippen molar-refractivity contribution >= 4 is 0 Å². The lowest BCUT2D eigenvalue weighted by atomic mass is 9.57. The van der Waals surface area contributed by atoms with Crippen LogP contribution in [0.15, 0.2) is 0 Å². The molecule has 1 N–H and O–H groups in total. The van der Waals surface area contributed by atoms with Crippen LogP contribution < -0.4 is 5.32 Å². The van der Waals surface area contributed by atoms with Crippen LogP contribution in [0.1, 0.15) is 46.5 Å². The first kappa shape index (κ1) is 14.0. The SMILES string of the molecule is CC.CCN1CCC2(CC1)CC(CNC)C2. The summed E-state index contributed by atoms with van der Waals surface area (Å²) in [5.74, 6) is 0.980. The molecule has 0 aromatic rings. The number of hydrogen-bond acceptors (Lipinski definition) is 2. The minimum absolute atomic E-state index is 0.771. The van der Waals surface area contributed by atoms with Gasteiger partial charge in [-0.2, -0.15) is 0 Å². The highest BCUT2D eigenvalue weighted by Gasteiger charge is 2.44. The lowest BCUT2D eigenvalue weighted by molar-refractivity contribution is -0.0104. The van der Waals surface area contributed by atoms with Gasteiger partial charge in [-0.3, -0.25) is 0 Å². The monoisotopic (exact) mass is 226 g/mol. The molecule has 0 atom stereocenters.